The molecule has 4 nitrogen and oxygen atoms in total. The molecule has 1 rings (SSSR count). The topological polar surface area (TPSA) is 60.5 Å². The zero-order valence-corrected chi connectivity index (χ0v) is 6.63. The van der Waals surface area contributed by atoms with Crippen LogP contribution in [-0.4, -0.2) is 23.7 Å². The first-order valence-corrected chi connectivity index (χ1v) is 3.61. The van der Waals surface area contributed by atoms with Gasteiger partial charge in [-0.15, -0.1) is 4.99 Å². The highest BCUT2D eigenvalue weighted by Gasteiger charge is 2.32. The van der Waals surface area contributed by atoms with Gasteiger partial charge < -0.3 is 9.84 Å². The lowest BCUT2D eigenvalue weighted by Gasteiger charge is -2.16. The Bertz CT molecular complexity index is 198. The molecule has 0 bridgehead atoms. The van der Waals surface area contributed by atoms with Crippen LogP contribution in [0, 0.1) is 11.8 Å². The fraction of sp³-hybridized carbons (Fsp3) is 0.714. The van der Waals surface area contributed by atoms with Gasteiger partial charge in [0.1, 0.15) is 12.5 Å². The van der Waals surface area contributed by atoms with Crippen molar-refractivity contribution in [1.82, 2.24) is 0 Å². The highest BCUT2D eigenvalue weighted by atomic mass is 16.6. The van der Waals surface area contributed by atoms with Crippen molar-refractivity contribution in [2.45, 2.75) is 13.8 Å². The number of nitrogens with one attached hydrogen (secondary N) is 1. The molecule has 0 fully saturated rings. The van der Waals surface area contributed by atoms with E-state index in [9.17, 15) is 9.90 Å². The zero-order chi connectivity index (χ0) is 8.43. The van der Waals surface area contributed by atoms with E-state index in [1.54, 1.807) is 0 Å². The van der Waals surface area contributed by atoms with E-state index in [4.69, 9.17) is 4.74 Å². The minimum Gasteiger partial charge on any atom is -0.463 e. The number of amides is 1. The van der Waals surface area contributed by atoms with E-state index in [0.717, 1.165) is 0 Å². The molecule has 1 aliphatic rings. The van der Waals surface area contributed by atoms with Gasteiger partial charge in [-0.2, -0.15) is 4.79 Å². The van der Waals surface area contributed by atoms with Crippen LogP contribution < -0.4 is 4.99 Å². The molecular weight excluding hydrogens is 146 g/mol. The smallest absolute Gasteiger partial charge is 0.463 e. The van der Waals surface area contributed by atoms with Crippen LogP contribution in [0.25, 0.3) is 0 Å². The number of aliphatic hydroxyl groups is 1. The van der Waals surface area contributed by atoms with Crippen molar-refractivity contribution >= 4 is 12.0 Å². The first-order valence-electron chi connectivity index (χ1n) is 3.61. The largest absolute Gasteiger partial charge is 0.597 e. The summed E-state index contributed by atoms with van der Waals surface area (Å²) < 4.78 is 4.69. The monoisotopic (exact) mass is 158 g/mol. The molecular formula is C7H12NO3+. The lowest BCUT2D eigenvalue weighted by Crippen LogP contribution is -2.81. The van der Waals surface area contributed by atoms with Crippen LogP contribution in [0.2, 0.25) is 0 Å². The Morgan fingerprint density at radius 2 is 2.36 bits per heavy atom. The molecule has 0 aromatic rings. The maximum Gasteiger partial charge on any atom is 0.597 e. The Morgan fingerprint density at radius 3 is 2.82 bits per heavy atom. The molecule has 0 saturated carbocycles. The van der Waals surface area contributed by atoms with Gasteiger partial charge in [-0.1, -0.05) is 13.8 Å². The Hall–Kier alpha value is -1.06. The fourth-order valence-electron chi connectivity index (χ4n) is 0.986. The summed E-state index contributed by atoms with van der Waals surface area (Å²) in [4.78, 5) is 12.7. The van der Waals surface area contributed by atoms with Gasteiger partial charge in [0.15, 0.2) is 0 Å². The first-order chi connectivity index (χ1) is 5.11. The molecule has 1 aliphatic heterocycles. The molecule has 0 aromatic carbocycles. The van der Waals surface area contributed by atoms with Gasteiger partial charge >= 0.3 is 12.0 Å². The number of hydrogen-bond acceptors (Lipinski definition) is 2. The van der Waals surface area contributed by atoms with Gasteiger partial charge in [-0.25, -0.2) is 0 Å². The summed E-state index contributed by atoms with van der Waals surface area (Å²) in [6.45, 7) is 4.19. The minimum absolute atomic E-state index is 0.0243. The predicted octanol–water partition coefficient (Wildman–Crippen LogP) is -0.554. The summed E-state index contributed by atoms with van der Waals surface area (Å²) in [7, 11) is 0. The zero-order valence-electron chi connectivity index (χ0n) is 6.63. The average Bonchev–Trinajstić information content (AvgIpc) is 1.85. The molecule has 0 aromatic heterocycles. The summed E-state index contributed by atoms with van der Waals surface area (Å²) in [5.74, 6) is 0.222. The van der Waals surface area contributed by atoms with Gasteiger partial charge in [0.2, 0.25) is 0 Å². The Kier molecular flexibility index (Phi) is 2.12. The highest BCUT2D eigenvalue weighted by molar-refractivity contribution is 5.77. The molecule has 0 saturated heterocycles. The quantitative estimate of drug-likeness (QED) is 0.538. The molecule has 4 heteroatoms. The van der Waals surface area contributed by atoms with E-state index in [0.29, 0.717) is 0 Å². The molecule has 1 atom stereocenters. The molecule has 2 N–H and O–H groups in total. The highest BCUT2D eigenvalue weighted by Crippen LogP contribution is 2.11. The second-order valence-electron chi connectivity index (χ2n) is 2.96. The van der Waals surface area contributed by atoms with Gasteiger partial charge in [0, 0.05) is 0 Å². The number of aliphatic hydroxyl groups excluding tert-OH is 1. The van der Waals surface area contributed by atoms with E-state index in [1.807, 2.05) is 13.8 Å². The van der Waals surface area contributed by atoms with Crippen LogP contribution in [0.15, 0.2) is 0 Å². The summed E-state index contributed by atoms with van der Waals surface area (Å²) in [6.07, 6.45) is -0.570. The molecule has 0 spiro atoms. The standard InChI is InChI=1S/C7H11NO3/c1-4(2)5-3-11-7(10)8-6(5)9/h4-5H,3H2,1-2H3,(H,8,9,10)/p+1. The summed E-state index contributed by atoms with van der Waals surface area (Å²) >= 11 is 0. The summed E-state index contributed by atoms with van der Waals surface area (Å²) in [6, 6.07) is 0. The van der Waals surface area contributed by atoms with Gasteiger partial charge in [0.25, 0.3) is 0 Å². The van der Waals surface area contributed by atoms with Gasteiger partial charge in [-0.3, -0.25) is 0 Å². The average molecular weight is 158 g/mol. The fourth-order valence-corrected chi connectivity index (χ4v) is 0.986. The molecule has 1 unspecified atom stereocenters. The maximum atomic E-state index is 10.5. The van der Waals surface area contributed by atoms with Crippen LogP contribution in [0.3, 0.4) is 0 Å². The third-order valence-electron chi connectivity index (χ3n) is 1.78. The summed E-state index contributed by atoms with van der Waals surface area (Å²) in [5.41, 5.74) is 0. The minimum atomic E-state index is -0.570. The Labute approximate surface area is 64.9 Å². The van der Waals surface area contributed by atoms with E-state index in [2.05, 4.69) is 4.99 Å². The third-order valence-corrected chi connectivity index (χ3v) is 1.78. The van der Waals surface area contributed by atoms with Crippen molar-refractivity contribution in [2.24, 2.45) is 11.8 Å². The van der Waals surface area contributed by atoms with Crippen molar-refractivity contribution in [1.29, 1.82) is 0 Å². The third kappa shape index (κ3) is 1.69. The maximum absolute atomic E-state index is 10.5. The van der Waals surface area contributed by atoms with Gasteiger partial charge in [-0.05, 0) is 5.92 Å². The van der Waals surface area contributed by atoms with Crippen LogP contribution in [-0.2, 0) is 4.74 Å². The first kappa shape index (κ1) is 8.04. The number of ether oxygens (including phenoxy) is 1. The second-order valence-corrected chi connectivity index (χ2v) is 2.96. The molecule has 0 aliphatic carbocycles. The second kappa shape index (κ2) is 2.90. The molecule has 1 amide bonds. The Morgan fingerprint density at radius 1 is 1.73 bits per heavy atom. The van der Waals surface area contributed by atoms with Crippen LogP contribution in [0.4, 0.5) is 4.79 Å². The number of cyclic esters (lactones) is 1. The van der Waals surface area contributed by atoms with Crippen molar-refractivity contribution < 1.29 is 19.6 Å². The normalized spacial score (nSPS) is 24.8. The van der Waals surface area contributed by atoms with E-state index in [1.165, 1.54) is 0 Å². The lowest BCUT2D eigenvalue weighted by atomic mass is 9.96. The molecule has 0 radical (unpaired) electrons. The van der Waals surface area contributed by atoms with E-state index in [-0.39, 0.29) is 24.3 Å². The number of carbonyl (C=O) groups is 1. The lowest BCUT2D eigenvalue weighted by molar-refractivity contribution is -0.394. The molecule has 62 valence electrons. The van der Waals surface area contributed by atoms with Crippen molar-refractivity contribution in [2.75, 3.05) is 6.61 Å². The number of hydrogen-bond donors (Lipinski definition) is 2. The Balaban J connectivity index is 2.72. The molecule has 1 heterocycles. The van der Waals surface area contributed by atoms with Crippen LogP contribution in [0.5, 0.6) is 0 Å². The molecule has 11 heavy (non-hydrogen) atoms. The number of carbonyl (C=O) groups excluding carboxylic acids is 1. The van der Waals surface area contributed by atoms with Crippen LogP contribution in [0.1, 0.15) is 13.8 Å². The van der Waals surface area contributed by atoms with Gasteiger partial charge in [0.05, 0.1) is 0 Å². The van der Waals surface area contributed by atoms with Crippen molar-refractivity contribution in [3.63, 3.8) is 0 Å². The van der Waals surface area contributed by atoms with Crippen LogP contribution >= 0.6 is 0 Å². The van der Waals surface area contributed by atoms with Crippen molar-refractivity contribution in [3.05, 3.63) is 0 Å². The van der Waals surface area contributed by atoms with E-state index < -0.39 is 6.09 Å². The van der Waals surface area contributed by atoms with E-state index >= 15 is 0 Å². The SMILES string of the molecule is CC(C)C1COC(=O)[NH+]=C1O. The number of rotatable bonds is 1. The predicted molar refractivity (Wildman–Crippen MR) is 38.3 cm³/mol. The summed E-state index contributed by atoms with van der Waals surface area (Å²) in [5, 5.41) is 9.21. The van der Waals surface area contributed by atoms with Crippen molar-refractivity contribution in [3.8, 4) is 0 Å².